The number of hydrogen-bond acceptors (Lipinski definition) is 4. The molecule has 2 amide bonds. The summed E-state index contributed by atoms with van der Waals surface area (Å²) in [6.45, 7) is 2.69. The van der Waals surface area contributed by atoms with Gasteiger partial charge < -0.3 is 20.5 Å². The fourth-order valence-corrected chi connectivity index (χ4v) is 5.14. The molecule has 7 nitrogen and oxygen atoms in total. The summed E-state index contributed by atoms with van der Waals surface area (Å²) >= 11 is 0. The highest BCUT2D eigenvalue weighted by atomic mass is 16.5. The summed E-state index contributed by atoms with van der Waals surface area (Å²) in [7, 11) is 0. The minimum absolute atomic E-state index is 0.0147. The monoisotopic (exact) mass is 478 g/mol. The third-order valence-corrected chi connectivity index (χ3v) is 7.47. The van der Waals surface area contributed by atoms with Gasteiger partial charge in [0.15, 0.2) is 0 Å². The number of ether oxygens (including phenoxy) is 1. The van der Waals surface area contributed by atoms with Crippen molar-refractivity contribution in [3.8, 4) is 11.1 Å². The topological polar surface area (TPSA) is 105 Å². The van der Waals surface area contributed by atoms with Crippen molar-refractivity contribution in [2.24, 2.45) is 17.8 Å². The average molecular weight is 479 g/mol. The molecule has 35 heavy (non-hydrogen) atoms. The average Bonchev–Trinajstić information content (AvgIpc) is 3.15. The molecule has 0 heterocycles. The normalized spacial score (nSPS) is 16.4. The van der Waals surface area contributed by atoms with E-state index in [1.165, 1.54) is 11.1 Å². The molecule has 186 valence electrons. The van der Waals surface area contributed by atoms with Crippen molar-refractivity contribution in [2.75, 3.05) is 19.7 Å². The maximum absolute atomic E-state index is 12.9. The molecule has 2 aromatic rings. The first-order valence-corrected chi connectivity index (χ1v) is 12.6. The summed E-state index contributed by atoms with van der Waals surface area (Å²) in [6, 6.07) is 16.4. The van der Waals surface area contributed by atoms with Crippen LogP contribution in [0.3, 0.4) is 0 Å². The molecule has 2 unspecified atom stereocenters. The van der Waals surface area contributed by atoms with Crippen molar-refractivity contribution in [3.63, 3.8) is 0 Å². The van der Waals surface area contributed by atoms with E-state index in [-0.39, 0.29) is 49.2 Å². The molecule has 0 saturated heterocycles. The van der Waals surface area contributed by atoms with Gasteiger partial charge >= 0.3 is 12.1 Å². The number of carbonyl (C=O) groups excluding carboxylic acids is 2. The first-order valence-electron chi connectivity index (χ1n) is 12.6. The Bertz CT molecular complexity index is 1020. The Kier molecular flexibility index (Phi) is 8.06. The number of alkyl carbamates (subject to hydrolysis) is 1. The molecular formula is C28H34N2O5. The number of aliphatic carboxylic acids is 1. The van der Waals surface area contributed by atoms with E-state index < -0.39 is 12.1 Å². The lowest BCUT2D eigenvalue weighted by Crippen LogP contribution is -2.45. The first-order chi connectivity index (χ1) is 17.0. The number of hydrogen-bond donors (Lipinski definition) is 3. The first kappa shape index (κ1) is 24.8. The Hall–Kier alpha value is -3.35. The van der Waals surface area contributed by atoms with E-state index >= 15 is 0 Å². The molecule has 7 heteroatoms. The zero-order valence-electron chi connectivity index (χ0n) is 20.2. The molecular weight excluding hydrogens is 444 g/mol. The highest BCUT2D eigenvalue weighted by Gasteiger charge is 2.34. The zero-order chi connectivity index (χ0) is 24.8. The van der Waals surface area contributed by atoms with Crippen LogP contribution in [0.4, 0.5) is 4.79 Å². The molecule has 0 bridgehead atoms. The molecule has 2 atom stereocenters. The number of carbonyl (C=O) groups is 3. The number of nitrogens with one attached hydrogen (secondary N) is 2. The van der Waals surface area contributed by atoms with Crippen molar-refractivity contribution in [3.05, 3.63) is 59.7 Å². The summed E-state index contributed by atoms with van der Waals surface area (Å²) in [5, 5.41) is 14.8. The van der Waals surface area contributed by atoms with Crippen molar-refractivity contribution < 1.29 is 24.2 Å². The lowest BCUT2D eigenvalue weighted by atomic mass is 9.75. The molecule has 2 aliphatic rings. The second-order valence-electron chi connectivity index (χ2n) is 9.62. The van der Waals surface area contributed by atoms with Crippen LogP contribution in [0, 0.1) is 17.8 Å². The maximum Gasteiger partial charge on any atom is 0.407 e. The van der Waals surface area contributed by atoms with Crippen LogP contribution in [-0.2, 0) is 14.3 Å². The molecule has 4 rings (SSSR count). The summed E-state index contributed by atoms with van der Waals surface area (Å²) in [5.74, 6) is -1.22. The minimum atomic E-state index is -0.862. The van der Waals surface area contributed by atoms with Gasteiger partial charge in [-0.25, -0.2) is 4.79 Å². The van der Waals surface area contributed by atoms with Crippen LogP contribution >= 0.6 is 0 Å². The van der Waals surface area contributed by atoms with Gasteiger partial charge in [0, 0.05) is 25.4 Å². The SMILES string of the molecule is CCC(CNC(=O)C(CNC(=O)OCC1c2ccccc2-c2ccccc21)C1CCC1)CC(=O)O. The Labute approximate surface area is 206 Å². The molecule has 1 fully saturated rings. The van der Waals surface area contributed by atoms with E-state index in [0.29, 0.717) is 13.0 Å². The molecule has 3 N–H and O–H groups in total. The van der Waals surface area contributed by atoms with E-state index in [1.807, 2.05) is 31.2 Å². The van der Waals surface area contributed by atoms with Gasteiger partial charge in [-0.15, -0.1) is 0 Å². The number of amides is 2. The van der Waals surface area contributed by atoms with Crippen LogP contribution in [-0.4, -0.2) is 42.8 Å². The maximum atomic E-state index is 12.9. The molecule has 2 aromatic carbocycles. The van der Waals surface area contributed by atoms with Gasteiger partial charge in [0.25, 0.3) is 0 Å². The van der Waals surface area contributed by atoms with Crippen LogP contribution < -0.4 is 10.6 Å². The van der Waals surface area contributed by atoms with Crippen LogP contribution in [0.15, 0.2) is 48.5 Å². The number of carboxylic acids is 1. The van der Waals surface area contributed by atoms with Crippen molar-refractivity contribution in [1.82, 2.24) is 10.6 Å². The lowest BCUT2D eigenvalue weighted by molar-refractivity contribution is -0.138. The van der Waals surface area contributed by atoms with E-state index in [1.54, 1.807) is 0 Å². The highest BCUT2D eigenvalue weighted by molar-refractivity contribution is 5.81. The molecule has 1 saturated carbocycles. The van der Waals surface area contributed by atoms with Crippen LogP contribution in [0.1, 0.15) is 56.1 Å². The predicted molar refractivity (Wildman–Crippen MR) is 133 cm³/mol. The lowest BCUT2D eigenvalue weighted by Gasteiger charge is -2.33. The number of benzene rings is 2. The van der Waals surface area contributed by atoms with Crippen molar-refractivity contribution in [2.45, 2.75) is 44.9 Å². The standard InChI is InChI=1S/C28H34N2O5/c1-2-18(14-26(31)32)15-29-27(33)24(19-8-7-9-19)16-30-28(34)35-17-25-22-12-5-3-10-20(22)21-11-4-6-13-23(21)25/h3-6,10-13,18-19,24-25H,2,7-9,14-17H2,1H3,(H,29,33)(H,30,34)(H,31,32). The second kappa shape index (κ2) is 11.4. The Morgan fingerprint density at radius 2 is 1.60 bits per heavy atom. The number of fused-ring (bicyclic) bond motifs is 3. The van der Waals surface area contributed by atoms with E-state index in [9.17, 15) is 14.4 Å². The van der Waals surface area contributed by atoms with Gasteiger partial charge in [-0.05, 0) is 46.9 Å². The third-order valence-electron chi connectivity index (χ3n) is 7.47. The highest BCUT2D eigenvalue weighted by Crippen LogP contribution is 2.44. The van der Waals surface area contributed by atoms with Gasteiger partial charge in [-0.1, -0.05) is 68.3 Å². The Balaban J connectivity index is 1.31. The van der Waals surface area contributed by atoms with Crippen molar-refractivity contribution in [1.29, 1.82) is 0 Å². The third kappa shape index (κ3) is 5.84. The van der Waals surface area contributed by atoms with Gasteiger partial charge in [-0.2, -0.15) is 0 Å². The summed E-state index contributed by atoms with van der Waals surface area (Å²) in [6.07, 6.45) is 3.17. The largest absolute Gasteiger partial charge is 0.481 e. The molecule has 0 aliphatic heterocycles. The van der Waals surface area contributed by atoms with E-state index in [4.69, 9.17) is 9.84 Å². The number of carboxylic acid groups (broad SMARTS) is 1. The molecule has 0 radical (unpaired) electrons. The Morgan fingerprint density at radius 3 is 2.14 bits per heavy atom. The fourth-order valence-electron chi connectivity index (χ4n) is 5.14. The van der Waals surface area contributed by atoms with Gasteiger partial charge in [-0.3, -0.25) is 9.59 Å². The number of rotatable bonds is 11. The molecule has 0 spiro atoms. The fraction of sp³-hybridized carbons (Fsp3) is 0.464. The Morgan fingerprint density at radius 1 is 0.971 bits per heavy atom. The van der Waals surface area contributed by atoms with Gasteiger partial charge in [0.1, 0.15) is 6.61 Å². The smallest absolute Gasteiger partial charge is 0.407 e. The van der Waals surface area contributed by atoms with Gasteiger partial charge in [0.05, 0.1) is 5.92 Å². The van der Waals surface area contributed by atoms with E-state index in [0.717, 1.165) is 30.4 Å². The summed E-state index contributed by atoms with van der Waals surface area (Å²) in [5.41, 5.74) is 4.65. The van der Waals surface area contributed by atoms with Crippen molar-refractivity contribution >= 4 is 18.0 Å². The minimum Gasteiger partial charge on any atom is -0.481 e. The molecule has 0 aromatic heterocycles. The van der Waals surface area contributed by atoms with Gasteiger partial charge in [0.2, 0.25) is 5.91 Å². The van der Waals surface area contributed by atoms with Crippen LogP contribution in [0.25, 0.3) is 11.1 Å². The van der Waals surface area contributed by atoms with Crippen LogP contribution in [0.2, 0.25) is 0 Å². The molecule has 2 aliphatic carbocycles. The summed E-state index contributed by atoms with van der Waals surface area (Å²) in [4.78, 5) is 36.5. The zero-order valence-corrected chi connectivity index (χ0v) is 20.2. The quantitative estimate of drug-likeness (QED) is 0.439. The van der Waals surface area contributed by atoms with E-state index in [2.05, 4.69) is 34.9 Å². The van der Waals surface area contributed by atoms with Crippen LogP contribution in [0.5, 0.6) is 0 Å². The predicted octanol–water partition coefficient (Wildman–Crippen LogP) is 4.56. The second-order valence-corrected chi connectivity index (χ2v) is 9.62. The summed E-state index contributed by atoms with van der Waals surface area (Å²) < 4.78 is 5.61.